The van der Waals surface area contributed by atoms with Gasteiger partial charge in [-0.05, 0) is 24.3 Å². The Morgan fingerprint density at radius 1 is 1.27 bits per heavy atom. The van der Waals surface area contributed by atoms with Gasteiger partial charge in [-0.15, -0.1) is 0 Å². The molecule has 0 heterocycles. The molecule has 0 aliphatic rings. The van der Waals surface area contributed by atoms with Crippen LogP contribution in [0.5, 0.6) is 0 Å². The zero-order chi connectivity index (χ0) is 11.6. The Morgan fingerprint density at radius 3 is 2.13 bits per heavy atom. The first kappa shape index (κ1) is 11.8. The summed E-state index contributed by atoms with van der Waals surface area (Å²) in [6, 6.07) is 4.69. The van der Waals surface area contributed by atoms with Crippen LogP contribution in [-0.2, 0) is 4.79 Å². The van der Waals surface area contributed by atoms with Crippen LogP contribution in [0.3, 0.4) is 0 Å². The van der Waals surface area contributed by atoms with Crippen LogP contribution in [-0.4, -0.2) is 17.3 Å². The van der Waals surface area contributed by atoms with Crippen molar-refractivity contribution in [1.29, 1.82) is 0 Å². The van der Waals surface area contributed by atoms with Gasteiger partial charge in [0.1, 0.15) is 0 Å². The van der Waals surface area contributed by atoms with E-state index < -0.39 is 17.1 Å². The normalized spacial score (nSPS) is 11.3. The standard InChI is InChI=1S/C8H5ClF3NO2/c9-5-1-3-6(4-2-5)13(15)7(14)8(10,11)12/h1-4,15H. The number of alkyl halides is 3. The van der Waals surface area contributed by atoms with Crippen molar-refractivity contribution in [3.05, 3.63) is 29.3 Å². The second-order valence-corrected chi connectivity index (χ2v) is 3.03. The average Bonchev–Trinajstić information content (AvgIpc) is 2.15. The highest BCUT2D eigenvalue weighted by molar-refractivity contribution is 6.30. The summed E-state index contributed by atoms with van der Waals surface area (Å²) in [5.74, 6) is -2.36. The summed E-state index contributed by atoms with van der Waals surface area (Å²) in [6.07, 6.45) is -5.12. The molecule has 0 saturated heterocycles. The number of hydroxylamine groups is 1. The third kappa shape index (κ3) is 2.84. The first-order chi connectivity index (χ1) is 6.82. The number of carbonyl (C=O) groups excluding carboxylic acids is 1. The van der Waals surface area contributed by atoms with Crippen LogP contribution in [0.2, 0.25) is 5.02 Å². The minimum absolute atomic E-state index is 0.284. The monoisotopic (exact) mass is 239 g/mol. The first-order valence-electron chi connectivity index (χ1n) is 3.68. The SMILES string of the molecule is O=C(N(O)c1ccc(Cl)cc1)C(F)(F)F. The molecule has 0 aliphatic heterocycles. The van der Waals surface area contributed by atoms with Gasteiger partial charge in [0.05, 0.1) is 5.69 Å². The molecule has 0 radical (unpaired) electrons. The van der Waals surface area contributed by atoms with Crippen molar-refractivity contribution in [3.63, 3.8) is 0 Å². The molecule has 15 heavy (non-hydrogen) atoms. The second-order valence-electron chi connectivity index (χ2n) is 2.59. The lowest BCUT2D eigenvalue weighted by molar-refractivity contribution is -0.175. The Bertz CT molecular complexity index is 363. The fourth-order valence-corrected chi connectivity index (χ4v) is 0.946. The Balaban J connectivity index is 2.90. The molecule has 3 nitrogen and oxygen atoms in total. The lowest BCUT2D eigenvalue weighted by Crippen LogP contribution is -2.38. The Kier molecular flexibility index (Phi) is 3.21. The van der Waals surface area contributed by atoms with Crippen LogP contribution in [0.15, 0.2) is 24.3 Å². The fourth-order valence-electron chi connectivity index (χ4n) is 0.820. The number of benzene rings is 1. The summed E-state index contributed by atoms with van der Waals surface area (Å²) in [4.78, 5) is 10.6. The van der Waals surface area contributed by atoms with Gasteiger partial charge in [-0.2, -0.15) is 18.2 Å². The fraction of sp³-hybridized carbons (Fsp3) is 0.125. The maximum atomic E-state index is 11.9. The van der Waals surface area contributed by atoms with Crippen LogP contribution in [0.25, 0.3) is 0 Å². The molecule has 0 atom stereocenters. The summed E-state index contributed by atoms with van der Waals surface area (Å²) in [6.45, 7) is 0. The van der Waals surface area contributed by atoms with E-state index in [1.54, 1.807) is 0 Å². The van der Waals surface area contributed by atoms with Gasteiger partial charge in [-0.1, -0.05) is 11.6 Å². The Morgan fingerprint density at radius 2 is 1.73 bits per heavy atom. The van der Waals surface area contributed by atoms with E-state index in [-0.39, 0.29) is 10.7 Å². The number of hydrogen-bond donors (Lipinski definition) is 1. The van der Waals surface area contributed by atoms with Crippen LogP contribution in [0, 0.1) is 0 Å². The zero-order valence-corrected chi connectivity index (χ0v) is 7.88. The largest absolute Gasteiger partial charge is 0.473 e. The van der Waals surface area contributed by atoms with E-state index in [1.165, 1.54) is 12.1 Å². The van der Waals surface area contributed by atoms with Crippen molar-refractivity contribution in [2.75, 3.05) is 5.06 Å². The Hall–Kier alpha value is -1.27. The number of halogens is 4. The lowest BCUT2D eigenvalue weighted by atomic mass is 10.3. The number of rotatable bonds is 1. The molecule has 1 N–H and O–H groups in total. The maximum Gasteiger partial charge on any atom is 0.473 e. The van der Waals surface area contributed by atoms with Gasteiger partial charge in [0.15, 0.2) is 0 Å². The number of amides is 1. The molecule has 0 spiro atoms. The number of anilines is 1. The molecule has 7 heteroatoms. The summed E-state index contributed by atoms with van der Waals surface area (Å²) >= 11 is 5.48. The maximum absolute atomic E-state index is 11.9. The number of carbonyl (C=O) groups is 1. The van der Waals surface area contributed by atoms with E-state index >= 15 is 0 Å². The van der Waals surface area contributed by atoms with Gasteiger partial charge in [0.2, 0.25) is 0 Å². The molecule has 0 unspecified atom stereocenters. The van der Waals surface area contributed by atoms with Crippen molar-refractivity contribution in [2.45, 2.75) is 6.18 Å². The summed E-state index contributed by atoms with van der Waals surface area (Å²) < 4.78 is 35.7. The highest BCUT2D eigenvalue weighted by atomic mass is 35.5. The molecule has 1 aromatic rings. The minimum Gasteiger partial charge on any atom is -0.281 e. The molecule has 0 saturated carbocycles. The predicted molar refractivity (Wildman–Crippen MR) is 46.8 cm³/mol. The molecule has 0 fully saturated rings. The topological polar surface area (TPSA) is 40.5 Å². The number of hydrogen-bond acceptors (Lipinski definition) is 2. The summed E-state index contributed by atoms with van der Waals surface area (Å²) in [5, 5.41) is 8.74. The van der Waals surface area contributed by atoms with Gasteiger partial charge in [-0.25, -0.2) is 0 Å². The van der Waals surface area contributed by atoms with Crippen LogP contribution < -0.4 is 5.06 Å². The minimum atomic E-state index is -5.12. The van der Waals surface area contributed by atoms with Crippen molar-refractivity contribution in [1.82, 2.24) is 0 Å². The smallest absolute Gasteiger partial charge is 0.281 e. The highest BCUT2D eigenvalue weighted by Crippen LogP contribution is 2.23. The molecular weight excluding hydrogens is 235 g/mol. The number of nitrogens with zero attached hydrogens (tertiary/aromatic N) is 1. The van der Waals surface area contributed by atoms with Gasteiger partial charge in [0.25, 0.3) is 0 Å². The molecular formula is C8H5ClF3NO2. The van der Waals surface area contributed by atoms with Crippen molar-refractivity contribution >= 4 is 23.2 Å². The molecule has 0 aliphatic carbocycles. The lowest BCUT2D eigenvalue weighted by Gasteiger charge is -2.16. The predicted octanol–water partition coefficient (Wildman–Crippen LogP) is 2.62. The van der Waals surface area contributed by atoms with E-state index in [4.69, 9.17) is 16.8 Å². The van der Waals surface area contributed by atoms with Crippen molar-refractivity contribution in [2.24, 2.45) is 0 Å². The van der Waals surface area contributed by atoms with Gasteiger partial charge in [-0.3, -0.25) is 10.0 Å². The second kappa shape index (κ2) is 4.08. The van der Waals surface area contributed by atoms with Gasteiger partial charge in [0, 0.05) is 5.02 Å². The van der Waals surface area contributed by atoms with Crippen molar-refractivity contribution in [3.8, 4) is 0 Å². The van der Waals surface area contributed by atoms with Crippen LogP contribution >= 0.6 is 11.6 Å². The van der Waals surface area contributed by atoms with Crippen LogP contribution in [0.4, 0.5) is 18.9 Å². The summed E-state index contributed by atoms with van der Waals surface area (Å²) in [7, 11) is 0. The quantitative estimate of drug-likeness (QED) is 0.605. The zero-order valence-electron chi connectivity index (χ0n) is 7.12. The molecule has 0 bridgehead atoms. The summed E-state index contributed by atoms with van der Waals surface area (Å²) in [5.41, 5.74) is -0.304. The van der Waals surface area contributed by atoms with Crippen LogP contribution in [0.1, 0.15) is 0 Å². The molecule has 1 rings (SSSR count). The first-order valence-corrected chi connectivity index (χ1v) is 4.06. The highest BCUT2D eigenvalue weighted by Gasteiger charge is 2.43. The third-order valence-corrected chi connectivity index (χ3v) is 1.76. The van der Waals surface area contributed by atoms with Gasteiger partial charge >= 0.3 is 12.1 Å². The molecule has 1 aromatic carbocycles. The Labute approximate surface area is 87.6 Å². The van der Waals surface area contributed by atoms with E-state index in [2.05, 4.69) is 0 Å². The third-order valence-electron chi connectivity index (χ3n) is 1.51. The van der Waals surface area contributed by atoms with E-state index in [1.807, 2.05) is 0 Å². The van der Waals surface area contributed by atoms with E-state index in [0.29, 0.717) is 0 Å². The molecule has 82 valence electrons. The van der Waals surface area contributed by atoms with E-state index in [0.717, 1.165) is 12.1 Å². The van der Waals surface area contributed by atoms with E-state index in [9.17, 15) is 18.0 Å². The molecule has 1 amide bonds. The average molecular weight is 240 g/mol. The van der Waals surface area contributed by atoms with Gasteiger partial charge < -0.3 is 0 Å². The molecule has 0 aromatic heterocycles. The van der Waals surface area contributed by atoms with Crippen molar-refractivity contribution < 1.29 is 23.2 Å².